The number of anilines is 1. The van der Waals surface area contributed by atoms with Crippen LogP contribution in [0.25, 0.3) is 11.0 Å². The Labute approximate surface area is 191 Å². The van der Waals surface area contributed by atoms with E-state index >= 15 is 0 Å². The lowest BCUT2D eigenvalue weighted by molar-refractivity contribution is -0.0518. The lowest BCUT2D eigenvalue weighted by Gasteiger charge is -2.19. The summed E-state index contributed by atoms with van der Waals surface area (Å²) in [6, 6.07) is 0. The van der Waals surface area contributed by atoms with E-state index in [1.807, 2.05) is 6.26 Å². The minimum atomic E-state index is -4.73. The summed E-state index contributed by atoms with van der Waals surface area (Å²) in [6.45, 7) is -0.223. The van der Waals surface area contributed by atoms with E-state index < -0.39 is 41.1 Å². The quantitative estimate of drug-likeness (QED) is 0.0978. The Morgan fingerprint density at radius 1 is 1.56 bits per heavy atom. The first-order valence-electron chi connectivity index (χ1n) is 9.11. The normalized spacial score (nSPS) is 23.7. The van der Waals surface area contributed by atoms with Gasteiger partial charge in [-0.2, -0.15) is 5.10 Å². The number of nitrogens with zero attached hydrogens (tertiary/aromatic N) is 2. The highest BCUT2D eigenvalue weighted by Gasteiger charge is 2.40. The Balaban J connectivity index is 1.82. The summed E-state index contributed by atoms with van der Waals surface area (Å²) in [7, 11) is -5.39. The molecule has 0 aliphatic carbocycles. The third-order valence-electron chi connectivity index (χ3n) is 4.43. The highest BCUT2D eigenvalue weighted by molar-refractivity contribution is 8.76. The number of rotatable bonds is 10. The predicted octanol–water partition coefficient (Wildman–Crippen LogP) is 1.41. The largest absolute Gasteiger partial charge is 0.479 e. The Morgan fingerprint density at radius 2 is 2.34 bits per heavy atom. The third-order valence-corrected chi connectivity index (χ3v) is 7.92. The average Bonchev–Trinajstić information content (AvgIpc) is 3.40. The summed E-state index contributed by atoms with van der Waals surface area (Å²) in [5, 5.41) is 7.52. The van der Waals surface area contributed by atoms with Crippen LogP contribution in [-0.4, -0.2) is 62.1 Å². The topological polar surface area (TPSA) is 197 Å². The molecule has 0 radical (unpaired) electrons. The molecule has 1 aliphatic rings. The van der Waals surface area contributed by atoms with E-state index in [0.29, 0.717) is 29.0 Å². The number of nitrogens with two attached hydrogens (primary N) is 2. The van der Waals surface area contributed by atoms with E-state index in [4.69, 9.17) is 30.4 Å². The molecule has 0 bridgehead atoms. The van der Waals surface area contributed by atoms with Crippen LogP contribution in [0.5, 0.6) is 0 Å². The van der Waals surface area contributed by atoms with Crippen LogP contribution < -0.4 is 11.5 Å². The van der Waals surface area contributed by atoms with Gasteiger partial charge < -0.3 is 35.3 Å². The van der Waals surface area contributed by atoms with Gasteiger partial charge in [-0.25, -0.2) is 8.88 Å². The first-order chi connectivity index (χ1) is 15.3. The highest BCUT2D eigenvalue weighted by Crippen LogP contribution is 2.51. The molecule has 13 nitrogen and oxygen atoms in total. The number of hydrogen-bond donors (Lipinski definition) is 5. The van der Waals surface area contributed by atoms with E-state index in [1.54, 1.807) is 10.8 Å². The maximum absolute atomic E-state index is 11.8. The van der Waals surface area contributed by atoms with Crippen LogP contribution in [0.1, 0.15) is 18.2 Å². The second-order valence-corrected chi connectivity index (χ2v) is 11.4. The first kappa shape index (κ1) is 25.6. The predicted molar refractivity (Wildman–Crippen MR) is 122 cm³/mol. The minimum Gasteiger partial charge on any atom is -0.382 e. The molecule has 0 spiro atoms. The highest BCUT2D eigenvalue weighted by atomic mass is 33.1. The van der Waals surface area contributed by atoms with Crippen molar-refractivity contribution in [1.29, 1.82) is 0 Å². The van der Waals surface area contributed by atoms with Gasteiger partial charge in [0.25, 0.3) is 0 Å². The molecule has 178 valence electrons. The molecule has 3 heterocycles. The van der Waals surface area contributed by atoms with Gasteiger partial charge in [0.05, 0.1) is 30.2 Å². The fourth-order valence-electron chi connectivity index (χ4n) is 3.19. The molecule has 0 saturated carbocycles. The molecule has 1 fully saturated rings. The molecular weight excluding hydrogens is 504 g/mol. The number of H-pyrrole nitrogens is 1. The summed E-state index contributed by atoms with van der Waals surface area (Å²) in [4.78, 5) is 18.3. The van der Waals surface area contributed by atoms with Crippen molar-refractivity contribution in [3.8, 4) is 11.8 Å². The van der Waals surface area contributed by atoms with Crippen molar-refractivity contribution in [3.63, 3.8) is 0 Å². The van der Waals surface area contributed by atoms with E-state index in [0.717, 1.165) is 0 Å². The monoisotopic (exact) mass is 527 g/mol. The molecule has 2 aromatic rings. The van der Waals surface area contributed by atoms with Gasteiger partial charge in [-0.05, 0) is 6.26 Å². The number of aromatic nitrogens is 3. The van der Waals surface area contributed by atoms with Crippen LogP contribution in [0.15, 0.2) is 6.20 Å². The number of phosphoric acid groups is 1. The molecule has 1 saturated heterocycles. The minimum absolute atomic E-state index is 0.177. The van der Waals surface area contributed by atoms with Crippen LogP contribution >= 0.6 is 37.7 Å². The summed E-state index contributed by atoms with van der Waals surface area (Å²) in [5.41, 5.74) is 12.7. The van der Waals surface area contributed by atoms with Gasteiger partial charge in [-0.15, -0.1) is 0 Å². The number of fused-ring (bicyclic) bond motifs is 1. The van der Waals surface area contributed by atoms with Crippen molar-refractivity contribution in [2.24, 2.45) is 5.73 Å². The van der Waals surface area contributed by atoms with Gasteiger partial charge in [0.2, 0.25) is 0 Å². The Bertz CT molecular complexity index is 1070. The second-order valence-electron chi connectivity index (χ2n) is 6.38. The number of hydrogen-bond acceptors (Lipinski definition) is 11. The first-order valence-corrected chi connectivity index (χ1v) is 14.6. The maximum Gasteiger partial charge on any atom is 0.479 e. The number of phosphoric ester groups is 1. The van der Waals surface area contributed by atoms with E-state index in [9.17, 15) is 14.0 Å². The van der Waals surface area contributed by atoms with Crippen LogP contribution in [0.3, 0.4) is 0 Å². The van der Waals surface area contributed by atoms with Gasteiger partial charge >= 0.3 is 16.1 Å². The summed E-state index contributed by atoms with van der Waals surface area (Å²) >= 11 is 0. The molecule has 32 heavy (non-hydrogen) atoms. The van der Waals surface area contributed by atoms with Crippen molar-refractivity contribution < 1.29 is 37.2 Å². The van der Waals surface area contributed by atoms with Crippen LogP contribution in [0, 0.1) is 11.8 Å². The lowest BCUT2D eigenvalue weighted by atomic mass is 10.2. The zero-order valence-electron chi connectivity index (χ0n) is 16.8. The third kappa shape index (κ3) is 6.31. The Morgan fingerprint density at radius 3 is 3.03 bits per heavy atom. The Hall–Kier alpha value is -1.01. The van der Waals surface area contributed by atoms with E-state index in [2.05, 4.69) is 26.3 Å². The van der Waals surface area contributed by atoms with Crippen molar-refractivity contribution in [2.45, 2.75) is 24.9 Å². The summed E-state index contributed by atoms with van der Waals surface area (Å²) in [6.07, 6.45) is 2.22. The number of nitrogen functional groups attached to an aromatic ring is 1. The van der Waals surface area contributed by atoms with Crippen molar-refractivity contribution in [3.05, 3.63) is 11.8 Å². The molecule has 0 amide bonds. The molecule has 3 rings (SSSR count). The van der Waals surface area contributed by atoms with Gasteiger partial charge in [-0.3, -0.25) is 14.2 Å². The van der Waals surface area contributed by atoms with Crippen molar-refractivity contribution >= 4 is 54.5 Å². The molecule has 0 aromatic carbocycles. The SMILES string of the molecule is CSSCOC1C[C@H](n2cc(C#CCN)c3c(N)n[nH]c32)OC1COP(=O)(O)O[PH](=O)O. The smallest absolute Gasteiger partial charge is 0.382 e. The number of ether oxygens (including phenoxy) is 2. The fraction of sp³-hybridized carbons (Fsp3) is 0.533. The lowest BCUT2D eigenvalue weighted by Crippen LogP contribution is -2.28. The van der Waals surface area contributed by atoms with Crippen molar-refractivity contribution in [1.82, 2.24) is 14.8 Å². The second kappa shape index (κ2) is 11.4. The molecule has 1 aliphatic heterocycles. The molecular formula is C15H23N5O8P2S2. The van der Waals surface area contributed by atoms with Crippen LogP contribution in [-0.2, 0) is 27.4 Å². The molecule has 17 heteroatoms. The van der Waals surface area contributed by atoms with Gasteiger partial charge in [0.15, 0.2) is 5.82 Å². The average molecular weight is 527 g/mol. The number of aromatic amines is 1. The fourth-order valence-corrected chi connectivity index (χ4v) is 5.31. The maximum atomic E-state index is 11.8. The van der Waals surface area contributed by atoms with Crippen LogP contribution in [0.2, 0.25) is 0 Å². The summed E-state index contributed by atoms with van der Waals surface area (Å²) < 4.78 is 45.1. The van der Waals surface area contributed by atoms with E-state index in [-0.39, 0.29) is 12.4 Å². The Kier molecular flexibility index (Phi) is 9.14. The van der Waals surface area contributed by atoms with E-state index in [1.165, 1.54) is 21.6 Å². The molecule has 4 unspecified atom stereocenters. The summed E-state index contributed by atoms with van der Waals surface area (Å²) in [5.74, 6) is 6.36. The van der Waals surface area contributed by atoms with Crippen LogP contribution in [0.4, 0.5) is 5.82 Å². The molecule has 2 aromatic heterocycles. The molecule has 5 atom stereocenters. The van der Waals surface area contributed by atoms with Gasteiger partial charge in [0, 0.05) is 12.6 Å². The number of nitrogens with one attached hydrogen (secondary N) is 1. The van der Waals surface area contributed by atoms with Gasteiger partial charge in [-0.1, -0.05) is 33.4 Å². The van der Waals surface area contributed by atoms with Crippen molar-refractivity contribution in [2.75, 3.05) is 31.1 Å². The zero-order valence-corrected chi connectivity index (χ0v) is 20.3. The molecule has 7 N–H and O–H groups in total. The standard InChI is InChI=1S/C15H23N5O8P2S2/c1-31-32-8-25-10-5-12(27-11(10)7-26-30(23,24)28-29(21)22)20-6-9(3-2-4-16)13-14(17)18-19-15(13)20/h6,10-12,29H,4-5,7-8,16H2,1H3,(H,21,22)(H,23,24)(H3,17,18,19)/t10?,11?,12-/m1/s1. The van der Waals surface area contributed by atoms with Gasteiger partial charge in [0.1, 0.15) is 23.9 Å². The zero-order chi connectivity index (χ0) is 23.3.